The summed E-state index contributed by atoms with van der Waals surface area (Å²) in [6.45, 7) is 6.64. The quantitative estimate of drug-likeness (QED) is 0.254. The number of nitrogens with one attached hydrogen (secondary N) is 1. The zero-order valence-corrected chi connectivity index (χ0v) is 22.8. The van der Waals surface area contributed by atoms with Gasteiger partial charge in [-0.2, -0.15) is 5.10 Å². The first-order valence-electron chi connectivity index (χ1n) is 12.0. The van der Waals surface area contributed by atoms with Crippen molar-refractivity contribution >= 4 is 33.5 Å². The van der Waals surface area contributed by atoms with E-state index in [0.717, 1.165) is 11.1 Å². The molecule has 2 aromatic carbocycles. The summed E-state index contributed by atoms with van der Waals surface area (Å²) in [5.74, 6) is -0.199. The van der Waals surface area contributed by atoms with Crippen LogP contribution in [0.5, 0.6) is 5.75 Å². The molecule has 0 spiro atoms. The number of ether oxygens (including phenoxy) is 2. The van der Waals surface area contributed by atoms with Gasteiger partial charge in [-0.1, -0.05) is 42.5 Å². The molecule has 0 unspecified atom stereocenters. The van der Waals surface area contributed by atoms with Crippen molar-refractivity contribution in [1.82, 2.24) is 14.3 Å². The third kappa shape index (κ3) is 5.46. The molecule has 8 nitrogen and oxygen atoms in total. The third-order valence-corrected chi connectivity index (χ3v) is 6.90. The number of aryl methyl sites for hydroxylation is 2. The number of esters is 1. The fourth-order valence-electron chi connectivity index (χ4n) is 4.17. The van der Waals surface area contributed by atoms with Crippen LogP contribution in [-0.4, -0.2) is 39.9 Å². The van der Waals surface area contributed by atoms with Crippen LogP contribution in [0.25, 0.3) is 11.1 Å². The van der Waals surface area contributed by atoms with Crippen LogP contribution in [0, 0.1) is 6.92 Å². The predicted octanol–water partition coefficient (Wildman–Crippen LogP) is 5.93. The minimum atomic E-state index is -0.521. The molecule has 0 saturated carbocycles. The van der Waals surface area contributed by atoms with Gasteiger partial charge in [-0.15, -0.1) is 0 Å². The van der Waals surface area contributed by atoms with Crippen molar-refractivity contribution in [2.24, 2.45) is 0 Å². The molecule has 0 aliphatic rings. The number of hydrogen-bond donors (Lipinski definition) is 1. The van der Waals surface area contributed by atoms with E-state index < -0.39 is 5.97 Å². The molecule has 1 amide bonds. The summed E-state index contributed by atoms with van der Waals surface area (Å²) in [5, 5.41) is 7.45. The van der Waals surface area contributed by atoms with Crippen molar-refractivity contribution in [3.05, 3.63) is 87.9 Å². The Bertz CT molecular complexity index is 1410. The summed E-state index contributed by atoms with van der Waals surface area (Å²) in [5.41, 5.74) is 4.22. The third-order valence-electron chi connectivity index (χ3n) is 5.95. The highest BCUT2D eigenvalue weighted by molar-refractivity contribution is 9.10. The zero-order chi connectivity index (χ0) is 26.5. The fourth-order valence-corrected chi connectivity index (χ4v) is 4.64. The topological polar surface area (TPSA) is 87.4 Å². The van der Waals surface area contributed by atoms with Crippen LogP contribution >= 0.6 is 15.9 Å². The number of rotatable bonds is 9. The van der Waals surface area contributed by atoms with Crippen molar-refractivity contribution < 1.29 is 19.1 Å². The largest absolute Gasteiger partial charge is 0.497 e. The van der Waals surface area contributed by atoms with E-state index in [-0.39, 0.29) is 18.2 Å². The van der Waals surface area contributed by atoms with Gasteiger partial charge in [-0.25, -0.2) is 4.79 Å². The molecule has 4 aromatic rings. The maximum absolute atomic E-state index is 13.6. The molecule has 2 heterocycles. The van der Waals surface area contributed by atoms with Gasteiger partial charge < -0.3 is 19.4 Å². The number of amides is 1. The lowest BCUT2D eigenvalue weighted by molar-refractivity contribution is 0.0515. The number of aromatic nitrogens is 3. The first-order chi connectivity index (χ1) is 17.9. The standard InChI is InChI=1S/C28H29BrN4O4/c1-5-33-25(23(29)18(3)31-33)27(34)30-24-22(20-12-14-21(36-4)15-13-20)17-32(26(24)28(35)37-6-2)16-19-10-8-7-9-11-19/h7-15,17H,5-6,16H2,1-4H3,(H,30,34). The second-order valence-corrected chi connectivity index (χ2v) is 9.14. The Morgan fingerprint density at radius 2 is 1.73 bits per heavy atom. The van der Waals surface area contributed by atoms with Gasteiger partial charge in [0.2, 0.25) is 0 Å². The van der Waals surface area contributed by atoms with E-state index in [2.05, 4.69) is 26.3 Å². The van der Waals surface area contributed by atoms with Crippen LogP contribution in [0.3, 0.4) is 0 Å². The molecule has 0 saturated heterocycles. The van der Waals surface area contributed by atoms with Gasteiger partial charge >= 0.3 is 5.97 Å². The summed E-state index contributed by atoms with van der Waals surface area (Å²) in [4.78, 5) is 26.9. The van der Waals surface area contributed by atoms with Gasteiger partial charge in [0.25, 0.3) is 5.91 Å². The van der Waals surface area contributed by atoms with Crippen molar-refractivity contribution in [2.45, 2.75) is 33.9 Å². The lowest BCUT2D eigenvalue weighted by Gasteiger charge is -2.13. The minimum absolute atomic E-state index is 0.202. The Morgan fingerprint density at radius 3 is 2.35 bits per heavy atom. The number of methoxy groups -OCH3 is 1. The lowest BCUT2D eigenvalue weighted by Crippen LogP contribution is -2.21. The lowest BCUT2D eigenvalue weighted by atomic mass is 10.1. The summed E-state index contributed by atoms with van der Waals surface area (Å²) in [6.07, 6.45) is 1.87. The van der Waals surface area contributed by atoms with Gasteiger partial charge in [0.15, 0.2) is 5.69 Å². The van der Waals surface area contributed by atoms with Gasteiger partial charge in [0, 0.05) is 24.8 Å². The van der Waals surface area contributed by atoms with Gasteiger partial charge in [0.05, 0.1) is 29.6 Å². The molecule has 192 valence electrons. The molecular formula is C28H29BrN4O4. The molecule has 0 aliphatic heterocycles. The summed E-state index contributed by atoms with van der Waals surface area (Å²) >= 11 is 3.50. The first-order valence-corrected chi connectivity index (χ1v) is 12.8. The normalized spacial score (nSPS) is 10.8. The highest BCUT2D eigenvalue weighted by Gasteiger charge is 2.28. The van der Waals surface area contributed by atoms with Gasteiger partial charge in [-0.3, -0.25) is 9.48 Å². The maximum atomic E-state index is 13.6. The summed E-state index contributed by atoms with van der Waals surface area (Å²) in [6, 6.07) is 17.3. The molecule has 0 bridgehead atoms. The van der Waals surface area contributed by atoms with Crippen LogP contribution in [0.2, 0.25) is 0 Å². The first kappa shape index (κ1) is 26.2. The van der Waals surface area contributed by atoms with Crippen LogP contribution in [-0.2, 0) is 17.8 Å². The summed E-state index contributed by atoms with van der Waals surface area (Å²) < 4.78 is 14.8. The molecule has 2 aromatic heterocycles. The molecule has 0 fully saturated rings. The van der Waals surface area contributed by atoms with Crippen LogP contribution < -0.4 is 10.1 Å². The smallest absolute Gasteiger partial charge is 0.357 e. The summed E-state index contributed by atoms with van der Waals surface area (Å²) in [7, 11) is 1.60. The molecule has 0 aliphatic carbocycles. The molecule has 0 radical (unpaired) electrons. The van der Waals surface area contributed by atoms with Crippen molar-refractivity contribution in [3.63, 3.8) is 0 Å². The van der Waals surface area contributed by atoms with E-state index in [1.54, 1.807) is 18.7 Å². The van der Waals surface area contributed by atoms with E-state index >= 15 is 0 Å². The van der Waals surface area contributed by atoms with E-state index in [1.165, 1.54) is 0 Å². The number of anilines is 1. The highest BCUT2D eigenvalue weighted by atomic mass is 79.9. The van der Waals surface area contributed by atoms with Crippen LogP contribution in [0.4, 0.5) is 5.69 Å². The molecular weight excluding hydrogens is 536 g/mol. The maximum Gasteiger partial charge on any atom is 0.357 e. The fraction of sp³-hybridized carbons (Fsp3) is 0.250. The number of nitrogens with zero attached hydrogens (tertiary/aromatic N) is 3. The van der Waals surface area contributed by atoms with E-state index in [4.69, 9.17) is 9.47 Å². The minimum Gasteiger partial charge on any atom is -0.497 e. The number of halogens is 1. The van der Waals surface area contributed by atoms with Gasteiger partial charge in [-0.05, 0) is 60.0 Å². The molecule has 0 atom stereocenters. The Balaban J connectivity index is 1.89. The second-order valence-electron chi connectivity index (χ2n) is 8.35. The Labute approximate surface area is 224 Å². The zero-order valence-electron chi connectivity index (χ0n) is 21.2. The second kappa shape index (κ2) is 11.5. The van der Waals surface area contributed by atoms with Crippen molar-refractivity contribution in [2.75, 3.05) is 19.0 Å². The van der Waals surface area contributed by atoms with Crippen molar-refractivity contribution in [3.8, 4) is 16.9 Å². The predicted molar refractivity (Wildman–Crippen MR) is 146 cm³/mol. The van der Waals surface area contributed by atoms with E-state index in [0.29, 0.717) is 46.0 Å². The average molecular weight is 565 g/mol. The highest BCUT2D eigenvalue weighted by Crippen LogP contribution is 2.36. The van der Waals surface area contributed by atoms with Crippen LogP contribution in [0.15, 0.2) is 65.3 Å². The van der Waals surface area contributed by atoms with Gasteiger partial charge in [0.1, 0.15) is 11.4 Å². The Hall–Kier alpha value is -3.85. The molecule has 4 rings (SSSR count). The molecule has 9 heteroatoms. The Morgan fingerprint density at radius 1 is 1.03 bits per heavy atom. The number of hydrogen-bond acceptors (Lipinski definition) is 5. The molecule has 37 heavy (non-hydrogen) atoms. The number of benzene rings is 2. The SMILES string of the molecule is CCOC(=O)c1c(NC(=O)c2c(Br)c(C)nn2CC)c(-c2ccc(OC)cc2)cn1Cc1ccccc1. The molecule has 1 N–H and O–H groups in total. The number of carbonyl (C=O) groups excluding carboxylic acids is 2. The van der Waals surface area contributed by atoms with E-state index in [9.17, 15) is 9.59 Å². The van der Waals surface area contributed by atoms with Crippen molar-refractivity contribution in [1.29, 1.82) is 0 Å². The Kier molecular flexibility index (Phi) is 8.13. The monoisotopic (exact) mass is 564 g/mol. The van der Waals surface area contributed by atoms with E-state index in [1.807, 2.05) is 79.2 Å². The number of carbonyl (C=O) groups is 2. The average Bonchev–Trinajstić information content (AvgIpc) is 3.40. The van der Waals surface area contributed by atoms with Crippen LogP contribution in [0.1, 0.15) is 46.1 Å².